The topological polar surface area (TPSA) is 42.8 Å². The molecular formula is C13H12N3O+. The number of hydrogen-bond donors (Lipinski definition) is 0. The van der Waals surface area contributed by atoms with Gasteiger partial charge in [-0.1, -0.05) is 0 Å². The summed E-state index contributed by atoms with van der Waals surface area (Å²) in [4.78, 5) is 8.52. The molecule has 17 heavy (non-hydrogen) atoms. The second kappa shape index (κ2) is 3.66. The molecule has 3 heterocycles. The van der Waals surface area contributed by atoms with Crippen LogP contribution in [0, 0.1) is 6.92 Å². The fourth-order valence-corrected chi connectivity index (χ4v) is 1.71. The molecule has 0 saturated carbocycles. The molecule has 0 aliphatic heterocycles. The Bertz CT molecular complexity index is 655. The average molecular weight is 226 g/mol. The van der Waals surface area contributed by atoms with Crippen LogP contribution in [0.5, 0.6) is 0 Å². The highest BCUT2D eigenvalue weighted by molar-refractivity contribution is 5.71. The third kappa shape index (κ3) is 1.67. The number of oxazole rings is 1. The van der Waals surface area contributed by atoms with E-state index in [-0.39, 0.29) is 0 Å². The summed E-state index contributed by atoms with van der Waals surface area (Å²) in [7, 11) is 2.01. The van der Waals surface area contributed by atoms with E-state index in [0.717, 1.165) is 11.3 Å². The van der Waals surface area contributed by atoms with Crippen molar-refractivity contribution in [1.82, 2.24) is 9.97 Å². The first-order valence-corrected chi connectivity index (χ1v) is 5.42. The first-order valence-electron chi connectivity index (χ1n) is 5.42. The molecule has 84 valence electrons. The standard InChI is InChI=1S/C13H12N3O/c1-9-8-10(5-7-16(9)2)13-15-12-11(17-13)4-3-6-14-12/h3-8H,1-2H3/q+1. The van der Waals surface area contributed by atoms with E-state index in [0.29, 0.717) is 17.1 Å². The van der Waals surface area contributed by atoms with Crippen LogP contribution in [-0.2, 0) is 7.05 Å². The zero-order valence-electron chi connectivity index (χ0n) is 9.71. The molecule has 0 N–H and O–H groups in total. The van der Waals surface area contributed by atoms with Crippen LogP contribution in [-0.4, -0.2) is 9.97 Å². The van der Waals surface area contributed by atoms with Crippen LogP contribution in [0.25, 0.3) is 22.7 Å². The van der Waals surface area contributed by atoms with Crippen molar-refractivity contribution in [3.05, 3.63) is 42.4 Å². The van der Waals surface area contributed by atoms with Gasteiger partial charge in [-0.05, 0) is 12.1 Å². The fourth-order valence-electron chi connectivity index (χ4n) is 1.71. The van der Waals surface area contributed by atoms with Crippen LogP contribution in [0.2, 0.25) is 0 Å². The molecule has 3 aromatic rings. The van der Waals surface area contributed by atoms with E-state index in [1.807, 2.05) is 49.0 Å². The summed E-state index contributed by atoms with van der Waals surface area (Å²) in [6.45, 7) is 2.05. The van der Waals surface area contributed by atoms with E-state index in [4.69, 9.17) is 4.42 Å². The van der Waals surface area contributed by atoms with Crippen molar-refractivity contribution in [3.8, 4) is 11.5 Å². The molecule has 0 aromatic carbocycles. The van der Waals surface area contributed by atoms with E-state index in [1.54, 1.807) is 6.20 Å². The van der Waals surface area contributed by atoms with Crippen molar-refractivity contribution in [2.24, 2.45) is 7.05 Å². The predicted molar refractivity (Wildman–Crippen MR) is 63.2 cm³/mol. The maximum absolute atomic E-state index is 5.67. The molecule has 0 aliphatic carbocycles. The molecule has 0 bridgehead atoms. The highest BCUT2D eigenvalue weighted by Crippen LogP contribution is 2.22. The quantitative estimate of drug-likeness (QED) is 0.596. The van der Waals surface area contributed by atoms with Gasteiger partial charge in [0.1, 0.15) is 7.05 Å². The van der Waals surface area contributed by atoms with Gasteiger partial charge >= 0.3 is 0 Å². The van der Waals surface area contributed by atoms with Crippen molar-refractivity contribution in [2.45, 2.75) is 6.92 Å². The lowest BCUT2D eigenvalue weighted by Crippen LogP contribution is -2.30. The van der Waals surface area contributed by atoms with Crippen LogP contribution in [0.15, 0.2) is 41.1 Å². The lowest BCUT2D eigenvalue weighted by Gasteiger charge is -1.96. The summed E-state index contributed by atoms with van der Waals surface area (Å²) in [6.07, 6.45) is 3.71. The van der Waals surface area contributed by atoms with E-state index in [9.17, 15) is 0 Å². The van der Waals surface area contributed by atoms with Gasteiger partial charge in [0, 0.05) is 30.8 Å². The van der Waals surface area contributed by atoms with E-state index >= 15 is 0 Å². The normalized spacial score (nSPS) is 10.9. The van der Waals surface area contributed by atoms with Crippen LogP contribution in [0.3, 0.4) is 0 Å². The van der Waals surface area contributed by atoms with E-state index in [1.165, 1.54) is 0 Å². The van der Waals surface area contributed by atoms with E-state index in [2.05, 4.69) is 9.97 Å². The van der Waals surface area contributed by atoms with Crippen molar-refractivity contribution < 1.29 is 8.98 Å². The predicted octanol–water partition coefficient (Wildman–Crippen LogP) is 2.02. The molecule has 0 fully saturated rings. The molecule has 0 unspecified atom stereocenters. The number of aryl methyl sites for hydroxylation is 2. The second-order valence-corrected chi connectivity index (χ2v) is 4.01. The van der Waals surface area contributed by atoms with Gasteiger partial charge in [0.2, 0.25) is 5.89 Å². The first kappa shape index (κ1) is 9.96. The summed E-state index contributed by atoms with van der Waals surface area (Å²) < 4.78 is 7.71. The van der Waals surface area contributed by atoms with Crippen LogP contribution < -0.4 is 4.57 Å². The molecule has 4 nitrogen and oxygen atoms in total. The Hall–Kier alpha value is -2.23. The molecule has 3 rings (SSSR count). The zero-order valence-corrected chi connectivity index (χ0v) is 9.71. The molecule has 0 amide bonds. The number of fused-ring (bicyclic) bond motifs is 1. The minimum atomic E-state index is 0.613. The minimum Gasteiger partial charge on any atom is -0.434 e. The Morgan fingerprint density at radius 2 is 2.18 bits per heavy atom. The van der Waals surface area contributed by atoms with Gasteiger partial charge in [0.25, 0.3) is 0 Å². The third-order valence-corrected chi connectivity index (χ3v) is 2.81. The molecule has 4 heteroatoms. The molecule has 0 aliphatic rings. The Labute approximate surface area is 98.6 Å². The zero-order chi connectivity index (χ0) is 11.8. The van der Waals surface area contributed by atoms with Gasteiger partial charge in [-0.2, -0.15) is 4.98 Å². The van der Waals surface area contributed by atoms with E-state index < -0.39 is 0 Å². The Balaban J connectivity index is 2.17. The number of nitrogens with zero attached hydrogens (tertiary/aromatic N) is 3. The van der Waals surface area contributed by atoms with Gasteiger partial charge in [-0.3, -0.25) is 0 Å². The molecule has 0 saturated heterocycles. The smallest absolute Gasteiger partial charge is 0.229 e. The van der Waals surface area contributed by atoms with Crippen LogP contribution >= 0.6 is 0 Å². The monoisotopic (exact) mass is 226 g/mol. The maximum Gasteiger partial charge on any atom is 0.229 e. The molecular weight excluding hydrogens is 214 g/mol. The van der Waals surface area contributed by atoms with Crippen LogP contribution in [0.1, 0.15) is 5.69 Å². The third-order valence-electron chi connectivity index (χ3n) is 2.81. The van der Waals surface area contributed by atoms with Crippen LogP contribution in [0.4, 0.5) is 0 Å². The number of rotatable bonds is 1. The maximum atomic E-state index is 5.67. The summed E-state index contributed by atoms with van der Waals surface area (Å²) in [6, 6.07) is 7.74. The number of hydrogen-bond acceptors (Lipinski definition) is 3. The van der Waals surface area contributed by atoms with Gasteiger partial charge < -0.3 is 4.42 Å². The van der Waals surface area contributed by atoms with Crippen molar-refractivity contribution >= 4 is 11.2 Å². The van der Waals surface area contributed by atoms with Crippen molar-refractivity contribution in [2.75, 3.05) is 0 Å². The van der Waals surface area contributed by atoms with Gasteiger partial charge in [-0.25, -0.2) is 9.55 Å². The Morgan fingerprint density at radius 1 is 1.29 bits per heavy atom. The highest BCUT2D eigenvalue weighted by atomic mass is 16.3. The molecule has 0 spiro atoms. The fraction of sp³-hybridized carbons (Fsp3) is 0.154. The summed E-state index contributed by atoms with van der Waals surface area (Å²) >= 11 is 0. The lowest BCUT2D eigenvalue weighted by molar-refractivity contribution is -0.677. The van der Waals surface area contributed by atoms with Crippen molar-refractivity contribution in [1.29, 1.82) is 0 Å². The largest absolute Gasteiger partial charge is 0.434 e. The summed E-state index contributed by atoms with van der Waals surface area (Å²) in [5.74, 6) is 0.613. The summed E-state index contributed by atoms with van der Waals surface area (Å²) in [5.41, 5.74) is 3.48. The van der Waals surface area contributed by atoms with Gasteiger partial charge in [-0.15, -0.1) is 0 Å². The van der Waals surface area contributed by atoms with Gasteiger partial charge in [0.15, 0.2) is 23.1 Å². The first-order chi connectivity index (χ1) is 8.24. The molecule has 0 atom stereocenters. The molecule has 0 radical (unpaired) electrons. The Kier molecular flexibility index (Phi) is 2.14. The summed E-state index contributed by atoms with van der Waals surface area (Å²) in [5, 5.41) is 0. The lowest BCUT2D eigenvalue weighted by atomic mass is 10.2. The average Bonchev–Trinajstić information content (AvgIpc) is 2.76. The Morgan fingerprint density at radius 3 is 2.94 bits per heavy atom. The molecule has 3 aromatic heterocycles. The SMILES string of the molecule is Cc1cc(-c2nc3ncccc3o2)cc[n+]1C. The highest BCUT2D eigenvalue weighted by Gasteiger charge is 2.11. The number of pyridine rings is 2. The number of aromatic nitrogens is 3. The minimum absolute atomic E-state index is 0.613. The second-order valence-electron chi connectivity index (χ2n) is 4.01. The van der Waals surface area contributed by atoms with Gasteiger partial charge in [0.05, 0.1) is 0 Å². The van der Waals surface area contributed by atoms with Crippen molar-refractivity contribution in [3.63, 3.8) is 0 Å².